The molecule has 1 aromatic rings. The summed E-state index contributed by atoms with van der Waals surface area (Å²) in [4.78, 5) is 2.75. The molecule has 6 aliphatic carbocycles. The maximum absolute atomic E-state index is 4.35. The maximum Gasteiger partial charge on any atom is 0.0218 e. The third-order valence-electron chi connectivity index (χ3n) is 16.4. The number of fused-ring (bicyclic) bond motifs is 7. The van der Waals surface area contributed by atoms with Crippen LogP contribution >= 0.6 is 11.9 Å². The minimum Gasteiger partial charge on any atom is -0.310 e. The lowest BCUT2D eigenvalue weighted by Gasteiger charge is -2.72. The van der Waals surface area contributed by atoms with E-state index in [1.807, 2.05) is 0 Å². The van der Waals surface area contributed by atoms with E-state index in [0.717, 1.165) is 28.9 Å². The van der Waals surface area contributed by atoms with E-state index >= 15 is 0 Å². The molecule has 5 saturated carbocycles. The zero-order chi connectivity index (χ0) is 32.0. The molecule has 254 valence electrons. The van der Waals surface area contributed by atoms with Gasteiger partial charge in [0.2, 0.25) is 0 Å². The number of nitrogens with one attached hydrogen (secondary N) is 1. The van der Waals surface area contributed by atoms with Crippen molar-refractivity contribution in [2.75, 3.05) is 39.3 Å². The molecule has 8 rings (SSSR count). The molecule has 0 radical (unpaired) electrons. The fourth-order valence-electron chi connectivity index (χ4n) is 13.6. The average molecular weight is 644 g/mol. The van der Waals surface area contributed by atoms with Crippen LogP contribution in [0, 0.1) is 52.3 Å². The number of allylic oxidation sites excluding steroid dienone is 2. The van der Waals surface area contributed by atoms with Crippen molar-refractivity contribution >= 4 is 17.5 Å². The van der Waals surface area contributed by atoms with Gasteiger partial charge in [-0.2, -0.15) is 0 Å². The van der Waals surface area contributed by atoms with Gasteiger partial charge in [0.15, 0.2) is 0 Å². The van der Waals surface area contributed by atoms with E-state index < -0.39 is 0 Å². The summed E-state index contributed by atoms with van der Waals surface area (Å²) in [6, 6.07) is 9.42. The van der Waals surface area contributed by atoms with Crippen LogP contribution in [0.1, 0.15) is 123 Å². The second-order valence-electron chi connectivity index (χ2n) is 18.7. The van der Waals surface area contributed by atoms with Crippen LogP contribution in [0.15, 0.2) is 30.3 Å². The highest BCUT2D eigenvalue weighted by Crippen LogP contribution is 2.76. The van der Waals surface area contributed by atoms with E-state index in [9.17, 15) is 0 Å². The fourth-order valence-corrected chi connectivity index (χ4v) is 14.8. The van der Waals surface area contributed by atoms with Crippen LogP contribution in [0.3, 0.4) is 0 Å². The zero-order valence-electron chi connectivity index (χ0n) is 30.3. The second-order valence-corrected chi connectivity index (χ2v) is 20.1. The molecule has 0 amide bonds. The predicted octanol–water partition coefficient (Wildman–Crippen LogP) is 9.61. The Morgan fingerprint density at radius 1 is 0.761 bits per heavy atom. The van der Waals surface area contributed by atoms with Crippen LogP contribution in [-0.4, -0.2) is 59.3 Å². The Kier molecular flexibility index (Phi) is 8.19. The van der Waals surface area contributed by atoms with Gasteiger partial charge < -0.3 is 5.32 Å². The number of piperazine rings is 1. The van der Waals surface area contributed by atoms with Crippen molar-refractivity contribution in [3.63, 3.8) is 0 Å². The van der Waals surface area contributed by atoms with Crippen LogP contribution in [0.4, 0.5) is 0 Å². The van der Waals surface area contributed by atoms with Crippen molar-refractivity contribution in [2.45, 2.75) is 129 Å². The molecule has 1 aliphatic heterocycles. The summed E-state index contributed by atoms with van der Waals surface area (Å²) in [6.07, 6.45) is 19.9. The number of hydrogen-bond acceptors (Lipinski definition) is 4. The highest BCUT2D eigenvalue weighted by atomic mass is 32.2. The lowest BCUT2D eigenvalue weighted by molar-refractivity contribution is -0.217. The molecule has 6 fully saturated rings. The van der Waals surface area contributed by atoms with E-state index in [1.165, 1.54) is 127 Å². The lowest BCUT2D eigenvalue weighted by atomic mass is 9.33. The van der Waals surface area contributed by atoms with E-state index in [2.05, 4.69) is 98.4 Å². The van der Waals surface area contributed by atoms with Crippen molar-refractivity contribution < 1.29 is 0 Å². The number of benzene rings is 1. The van der Waals surface area contributed by atoms with E-state index in [0.29, 0.717) is 21.8 Å². The molecular weight excluding hydrogens is 579 g/mol. The topological polar surface area (TPSA) is 18.5 Å². The van der Waals surface area contributed by atoms with Crippen LogP contribution in [-0.2, 0) is 0 Å². The molecular formula is C42H65N3S. The Morgan fingerprint density at radius 3 is 2.26 bits per heavy atom. The second kappa shape index (κ2) is 11.6. The predicted molar refractivity (Wildman–Crippen MR) is 197 cm³/mol. The monoisotopic (exact) mass is 643 g/mol. The van der Waals surface area contributed by atoms with Crippen LogP contribution in [0.2, 0.25) is 0 Å². The molecule has 46 heavy (non-hydrogen) atoms. The lowest BCUT2D eigenvalue weighted by Crippen LogP contribution is -2.67. The van der Waals surface area contributed by atoms with Gasteiger partial charge in [-0.15, -0.1) is 0 Å². The first kappa shape index (κ1) is 32.4. The van der Waals surface area contributed by atoms with Crippen LogP contribution in [0.25, 0.3) is 5.57 Å². The molecule has 1 saturated heterocycles. The van der Waals surface area contributed by atoms with Gasteiger partial charge in [-0.05, 0) is 134 Å². The maximum atomic E-state index is 4.35. The zero-order valence-corrected chi connectivity index (χ0v) is 31.1. The first-order valence-electron chi connectivity index (χ1n) is 19.7. The Labute approximate surface area is 286 Å². The summed E-state index contributed by atoms with van der Waals surface area (Å²) < 4.78 is 2.66. The molecule has 0 bridgehead atoms. The highest BCUT2D eigenvalue weighted by Gasteiger charge is 2.69. The smallest absolute Gasteiger partial charge is 0.0218 e. The molecule has 1 aromatic carbocycles. The minimum absolute atomic E-state index is 0.223. The van der Waals surface area contributed by atoms with Crippen LogP contribution in [0.5, 0.6) is 0 Å². The van der Waals surface area contributed by atoms with Gasteiger partial charge in [-0.25, -0.2) is 4.31 Å². The fraction of sp³-hybridized carbons (Fsp3) is 0.810. The van der Waals surface area contributed by atoms with Crippen molar-refractivity contribution in [3.8, 4) is 0 Å². The number of hydrogen-bond donors (Lipinski definition) is 1. The number of aryl methyl sites for hydroxylation is 1. The van der Waals surface area contributed by atoms with Gasteiger partial charge >= 0.3 is 0 Å². The van der Waals surface area contributed by atoms with E-state index in [-0.39, 0.29) is 5.41 Å². The van der Waals surface area contributed by atoms with Gasteiger partial charge in [0.05, 0.1) is 0 Å². The first-order valence-corrected chi connectivity index (χ1v) is 20.5. The average Bonchev–Trinajstić information content (AvgIpc) is 3.74. The molecule has 0 spiro atoms. The molecule has 8 atom stereocenters. The Hall–Kier alpha value is -0.810. The molecule has 3 unspecified atom stereocenters. The normalized spacial score (nSPS) is 44.1. The quantitative estimate of drug-likeness (QED) is 0.298. The summed E-state index contributed by atoms with van der Waals surface area (Å²) in [5.74, 6) is 3.39. The molecule has 1 heterocycles. The van der Waals surface area contributed by atoms with Gasteiger partial charge in [-0.1, -0.05) is 88.9 Å². The molecule has 0 aromatic heterocycles. The Bertz CT molecular complexity index is 1310. The van der Waals surface area contributed by atoms with Gasteiger partial charge in [0.1, 0.15) is 0 Å². The number of rotatable bonds is 7. The minimum atomic E-state index is 0.223. The van der Waals surface area contributed by atoms with Crippen LogP contribution < -0.4 is 5.32 Å². The van der Waals surface area contributed by atoms with Crippen molar-refractivity contribution in [1.82, 2.24) is 14.5 Å². The Morgan fingerprint density at radius 2 is 1.52 bits per heavy atom. The summed E-state index contributed by atoms with van der Waals surface area (Å²) in [5, 5.41) is 5.30. The van der Waals surface area contributed by atoms with E-state index in [1.54, 1.807) is 5.57 Å². The molecule has 1 N–H and O–H groups in total. The van der Waals surface area contributed by atoms with E-state index in [4.69, 9.17) is 0 Å². The highest BCUT2D eigenvalue weighted by molar-refractivity contribution is 7.97. The first-order chi connectivity index (χ1) is 22.0. The summed E-state index contributed by atoms with van der Waals surface area (Å²) in [5.41, 5.74) is 6.43. The van der Waals surface area contributed by atoms with Gasteiger partial charge in [-0.3, -0.25) is 4.90 Å². The standard InChI is InChI=1S/C42H65N3S/c1-30-9-11-31(12-10-30)33-17-20-39(4)36(38(33,2)3)18-21-41(6)37(39)16-15-34-35-8-7-19-42(35,23-22-40(34,41)5)43-24-25-44-26-28-45(29-27-44)46-32-13-14-32/h9-12,17,32,34-37,43H,7-8,13-16,18-29H2,1-6H3/t34-,35?,36?,37?,39+,40-,41-,42+/m1/s1. The largest absolute Gasteiger partial charge is 0.310 e. The summed E-state index contributed by atoms with van der Waals surface area (Å²) in [7, 11) is 0. The van der Waals surface area contributed by atoms with Crippen molar-refractivity contribution in [3.05, 3.63) is 41.5 Å². The van der Waals surface area contributed by atoms with Gasteiger partial charge in [0, 0.05) is 50.1 Å². The van der Waals surface area contributed by atoms with Gasteiger partial charge in [0.25, 0.3) is 0 Å². The molecule has 7 aliphatic rings. The third-order valence-corrected chi connectivity index (χ3v) is 17.8. The van der Waals surface area contributed by atoms with Crippen molar-refractivity contribution in [1.29, 1.82) is 0 Å². The molecule has 4 heteroatoms. The Balaban J connectivity index is 0.970. The number of nitrogens with zero attached hydrogens (tertiary/aromatic N) is 2. The SMILES string of the molecule is Cc1ccc(C2=CC[C@@]3(C)C(CC[C@]4(C)C3CC[C@@H]3C5CCC[C@]5(NCCN5CCN(SC6CC6)CC5)CC[C@]34C)C2(C)C)cc1. The third kappa shape index (κ3) is 5.07. The summed E-state index contributed by atoms with van der Waals surface area (Å²) in [6.45, 7) is 23.3. The van der Waals surface area contributed by atoms with Crippen molar-refractivity contribution in [2.24, 2.45) is 45.3 Å². The summed E-state index contributed by atoms with van der Waals surface area (Å²) >= 11 is 2.16. The molecule has 3 nitrogen and oxygen atoms in total.